The topological polar surface area (TPSA) is 24.3 Å². The van der Waals surface area contributed by atoms with E-state index in [-0.39, 0.29) is 0 Å². The van der Waals surface area contributed by atoms with Gasteiger partial charge in [0.1, 0.15) is 5.51 Å². The van der Waals surface area contributed by atoms with Gasteiger partial charge in [-0.1, -0.05) is 11.3 Å². The summed E-state index contributed by atoms with van der Waals surface area (Å²) in [5.74, 6) is 0. The van der Waals surface area contributed by atoms with Crippen molar-refractivity contribution in [1.29, 1.82) is 0 Å². The number of hydrogen-bond acceptors (Lipinski definition) is 5. The molecule has 4 nitrogen and oxygen atoms in total. The lowest BCUT2D eigenvalue weighted by atomic mass is 10.3. The van der Waals surface area contributed by atoms with E-state index in [0.717, 1.165) is 36.8 Å². The number of aromatic nitrogens is 2. The van der Waals surface area contributed by atoms with Gasteiger partial charge < -0.3 is 4.90 Å². The molecule has 1 aromatic rings. The van der Waals surface area contributed by atoms with Gasteiger partial charge in [0.25, 0.3) is 0 Å². The monoisotopic (exact) mass is 230 g/mol. The van der Waals surface area contributed by atoms with Crippen molar-refractivity contribution in [3.8, 4) is 0 Å². The first kappa shape index (κ1) is 10.2. The van der Waals surface area contributed by atoms with Crippen LogP contribution in [0.4, 0.5) is 0 Å². The van der Waals surface area contributed by atoms with Gasteiger partial charge in [0.05, 0.1) is 6.67 Å². The molecule has 1 aromatic heterocycles. The largest absolute Gasteiger partial charge is 0.304 e. The minimum Gasteiger partial charge on any atom is -0.304 e. The van der Waals surface area contributed by atoms with Crippen LogP contribution >= 0.6 is 23.6 Å². The zero-order chi connectivity index (χ0) is 9.97. The molecule has 1 aliphatic heterocycles. The van der Waals surface area contributed by atoms with E-state index >= 15 is 0 Å². The molecule has 0 atom stereocenters. The number of piperazine rings is 1. The SMILES string of the molecule is CN1CCN(Cn2ncsc2=S)CC1. The van der Waals surface area contributed by atoms with Crippen molar-refractivity contribution < 1.29 is 0 Å². The highest BCUT2D eigenvalue weighted by Gasteiger charge is 2.14. The Morgan fingerprint density at radius 2 is 2.14 bits per heavy atom. The molecule has 78 valence electrons. The Hall–Kier alpha value is -0.300. The van der Waals surface area contributed by atoms with E-state index < -0.39 is 0 Å². The van der Waals surface area contributed by atoms with Gasteiger partial charge in [0, 0.05) is 26.2 Å². The number of rotatable bonds is 2. The molecular formula is C8H14N4S2. The van der Waals surface area contributed by atoms with Crippen LogP contribution in [0.2, 0.25) is 0 Å². The third-order valence-electron chi connectivity index (χ3n) is 2.48. The Morgan fingerprint density at radius 1 is 1.43 bits per heavy atom. The molecule has 1 saturated heterocycles. The summed E-state index contributed by atoms with van der Waals surface area (Å²) in [6.45, 7) is 5.33. The predicted octanol–water partition coefficient (Wildman–Crippen LogP) is 0.879. The first-order valence-electron chi connectivity index (χ1n) is 4.67. The number of hydrogen-bond donors (Lipinski definition) is 0. The fourth-order valence-electron chi connectivity index (χ4n) is 1.51. The van der Waals surface area contributed by atoms with Gasteiger partial charge in [-0.15, -0.1) is 0 Å². The van der Waals surface area contributed by atoms with Gasteiger partial charge in [-0.25, -0.2) is 4.68 Å². The summed E-state index contributed by atoms with van der Waals surface area (Å²) in [5, 5.41) is 4.20. The van der Waals surface area contributed by atoms with E-state index in [1.54, 1.807) is 5.51 Å². The van der Waals surface area contributed by atoms with Gasteiger partial charge in [0.2, 0.25) is 0 Å². The smallest absolute Gasteiger partial charge is 0.180 e. The van der Waals surface area contributed by atoms with E-state index in [1.807, 2.05) is 4.68 Å². The fraction of sp³-hybridized carbons (Fsp3) is 0.750. The second-order valence-electron chi connectivity index (χ2n) is 3.57. The summed E-state index contributed by atoms with van der Waals surface area (Å²) in [6.07, 6.45) is 0. The van der Waals surface area contributed by atoms with Crippen LogP contribution in [0.15, 0.2) is 5.51 Å². The lowest BCUT2D eigenvalue weighted by Gasteiger charge is -2.31. The van der Waals surface area contributed by atoms with Gasteiger partial charge in [0.15, 0.2) is 3.95 Å². The maximum Gasteiger partial charge on any atom is 0.180 e. The van der Waals surface area contributed by atoms with Crippen LogP contribution in [0.1, 0.15) is 0 Å². The summed E-state index contributed by atoms with van der Waals surface area (Å²) in [4.78, 5) is 4.73. The molecule has 0 saturated carbocycles. The number of nitrogens with zero attached hydrogens (tertiary/aromatic N) is 4. The van der Waals surface area contributed by atoms with Crippen molar-refractivity contribution in [3.05, 3.63) is 9.46 Å². The zero-order valence-electron chi connectivity index (χ0n) is 8.22. The molecule has 2 rings (SSSR count). The molecule has 0 bridgehead atoms. The van der Waals surface area contributed by atoms with Crippen LogP contribution in [-0.2, 0) is 6.67 Å². The molecule has 1 aliphatic rings. The fourth-order valence-corrected chi connectivity index (χ4v) is 2.22. The average molecular weight is 230 g/mol. The number of likely N-dealkylation sites (N-methyl/N-ethyl adjacent to an activating group) is 1. The van der Waals surface area contributed by atoms with E-state index in [4.69, 9.17) is 12.2 Å². The molecule has 6 heteroatoms. The van der Waals surface area contributed by atoms with Gasteiger partial charge in [-0.2, -0.15) is 5.10 Å². The molecule has 0 amide bonds. The zero-order valence-corrected chi connectivity index (χ0v) is 9.85. The van der Waals surface area contributed by atoms with E-state index in [2.05, 4.69) is 21.9 Å². The summed E-state index contributed by atoms with van der Waals surface area (Å²) >= 11 is 6.68. The third kappa shape index (κ3) is 2.38. The summed E-state index contributed by atoms with van der Waals surface area (Å²) in [7, 11) is 2.16. The van der Waals surface area contributed by atoms with E-state index in [0.29, 0.717) is 0 Å². The normalized spacial score (nSPS) is 20.1. The summed E-state index contributed by atoms with van der Waals surface area (Å²) < 4.78 is 2.76. The highest BCUT2D eigenvalue weighted by molar-refractivity contribution is 7.73. The van der Waals surface area contributed by atoms with Crippen molar-refractivity contribution in [2.45, 2.75) is 6.67 Å². The standard InChI is InChI=1S/C8H14N4S2/c1-10-2-4-11(5-3-10)7-12-8(13)14-6-9-12/h6H,2-5,7H2,1H3. The van der Waals surface area contributed by atoms with E-state index in [1.165, 1.54) is 11.3 Å². The summed E-state index contributed by atoms with van der Waals surface area (Å²) in [6, 6.07) is 0. The van der Waals surface area contributed by atoms with Gasteiger partial charge in [-0.3, -0.25) is 4.90 Å². The van der Waals surface area contributed by atoms with Crippen molar-refractivity contribution in [1.82, 2.24) is 19.6 Å². The van der Waals surface area contributed by atoms with Crippen LogP contribution in [0, 0.1) is 3.95 Å². The molecule has 2 heterocycles. The lowest BCUT2D eigenvalue weighted by Crippen LogP contribution is -2.45. The molecule has 0 radical (unpaired) electrons. The third-order valence-corrected chi connectivity index (χ3v) is 3.59. The van der Waals surface area contributed by atoms with Crippen molar-refractivity contribution in [3.63, 3.8) is 0 Å². The Labute approximate surface area is 92.8 Å². The molecule has 0 spiro atoms. The molecule has 0 N–H and O–H groups in total. The van der Waals surface area contributed by atoms with Crippen molar-refractivity contribution in [2.24, 2.45) is 0 Å². The average Bonchev–Trinajstić information content (AvgIpc) is 2.56. The highest BCUT2D eigenvalue weighted by Crippen LogP contribution is 2.04. The molecule has 0 aliphatic carbocycles. The van der Waals surface area contributed by atoms with Crippen molar-refractivity contribution in [2.75, 3.05) is 33.2 Å². The minimum absolute atomic E-state index is 0.843. The molecule has 1 fully saturated rings. The van der Waals surface area contributed by atoms with Crippen molar-refractivity contribution >= 4 is 23.6 Å². The maximum atomic E-state index is 5.16. The summed E-state index contributed by atoms with van der Waals surface area (Å²) in [5.41, 5.74) is 1.80. The van der Waals surface area contributed by atoms with E-state index in [9.17, 15) is 0 Å². The molecule has 0 unspecified atom stereocenters. The Balaban J connectivity index is 1.93. The molecular weight excluding hydrogens is 216 g/mol. The Bertz CT molecular complexity index is 337. The van der Waals surface area contributed by atoms with Crippen LogP contribution in [0.25, 0.3) is 0 Å². The van der Waals surface area contributed by atoms with Crippen LogP contribution in [-0.4, -0.2) is 52.8 Å². The predicted molar refractivity (Wildman–Crippen MR) is 60.0 cm³/mol. The first-order chi connectivity index (χ1) is 6.75. The Morgan fingerprint density at radius 3 is 2.71 bits per heavy atom. The molecule has 0 aromatic carbocycles. The quantitative estimate of drug-likeness (QED) is 0.704. The van der Waals surface area contributed by atoms with Crippen LogP contribution in [0.3, 0.4) is 0 Å². The second kappa shape index (κ2) is 4.48. The van der Waals surface area contributed by atoms with Gasteiger partial charge >= 0.3 is 0 Å². The molecule has 14 heavy (non-hydrogen) atoms. The highest BCUT2D eigenvalue weighted by atomic mass is 32.1. The lowest BCUT2D eigenvalue weighted by molar-refractivity contribution is 0.119. The van der Waals surface area contributed by atoms with Gasteiger partial charge in [-0.05, 0) is 19.3 Å². The second-order valence-corrected chi connectivity index (χ2v) is 5.05. The van der Waals surface area contributed by atoms with Crippen LogP contribution < -0.4 is 0 Å². The Kier molecular flexibility index (Phi) is 3.27. The minimum atomic E-state index is 0.843. The maximum absolute atomic E-state index is 5.16. The van der Waals surface area contributed by atoms with Crippen LogP contribution in [0.5, 0.6) is 0 Å². The first-order valence-corrected chi connectivity index (χ1v) is 5.96.